The van der Waals surface area contributed by atoms with Crippen LogP contribution in [-0.2, 0) is 11.0 Å². The Morgan fingerprint density at radius 3 is 2.36 bits per heavy atom. The smallest absolute Gasteiger partial charge is 0.327 e. The molecule has 3 rings (SSSR count). The highest BCUT2D eigenvalue weighted by Gasteiger charge is 2.51. The molecule has 28 heavy (non-hydrogen) atoms. The first-order chi connectivity index (χ1) is 13.0. The van der Waals surface area contributed by atoms with E-state index in [0.717, 1.165) is 17.0 Å². The molecule has 0 spiro atoms. The first kappa shape index (κ1) is 19.8. The molecule has 0 bridgehead atoms. The van der Waals surface area contributed by atoms with E-state index >= 15 is 0 Å². The highest BCUT2D eigenvalue weighted by Crippen LogP contribution is 2.41. The average Bonchev–Trinajstić information content (AvgIpc) is 2.79. The molecule has 2 aromatic rings. The molecule has 1 aliphatic heterocycles. The molecule has 1 saturated heterocycles. The van der Waals surface area contributed by atoms with E-state index in [1.165, 1.54) is 30.5 Å². The minimum Gasteiger partial charge on any atom is -0.327 e. The Balaban J connectivity index is 2.11. The summed E-state index contributed by atoms with van der Waals surface area (Å²) in [5, 5.41) is 8.96. The molecule has 146 valence electrons. The van der Waals surface area contributed by atoms with E-state index < -0.39 is 34.2 Å². The number of pyridine rings is 1. The van der Waals surface area contributed by atoms with E-state index in [-0.39, 0.29) is 11.2 Å². The summed E-state index contributed by atoms with van der Waals surface area (Å²) in [4.78, 5) is 29.6. The van der Waals surface area contributed by atoms with Gasteiger partial charge in [0.15, 0.2) is 5.50 Å². The van der Waals surface area contributed by atoms with Crippen LogP contribution in [-0.4, -0.2) is 21.9 Å². The van der Waals surface area contributed by atoms with Crippen molar-refractivity contribution < 1.29 is 18.0 Å². The molecule has 2 heterocycles. The van der Waals surface area contributed by atoms with Crippen molar-refractivity contribution in [1.82, 2.24) is 4.98 Å². The first-order valence-corrected chi connectivity index (χ1v) is 8.61. The molecule has 0 aliphatic carbocycles. The van der Waals surface area contributed by atoms with Crippen molar-refractivity contribution >= 4 is 29.9 Å². The predicted octanol–water partition coefficient (Wildman–Crippen LogP) is 3.11. The molecule has 6 nitrogen and oxygen atoms in total. The van der Waals surface area contributed by atoms with Crippen LogP contribution in [0.2, 0.25) is 0 Å². The fourth-order valence-electron chi connectivity index (χ4n) is 3.18. The summed E-state index contributed by atoms with van der Waals surface area (Å²) >= 11 is 4.45. The van der Waals surface area contributed by atoms with Gasteiger partial charge >= 0.3 is 6.18 Å². The van der Waals surface area contributed by atoms with Crippen LogP contribution in [0.3, 0.4) is 0 Å². The molecule has 1 aliphatic rings. The predicted molar refractivity (Wildman–Crippen MR) is 100 cm³/mol. The number of carbonyl (C=O) groups is 1. The Morgan fingerprint density at radius 1 is 1.18 bits per heavy atom. The monoisotopic (exact) mass is 408 g/mol. The lowest BCUT2D eigenvalue weighted by molar-refractivity contribution is -0.137. The average molecular weight is 408 g/mol. The zero-order valence-corrected chi connectivity index (χ0v) is 15.7. The third-order valence-corrected chi connectivity index (χ3v) is 5.02. The number of benzene rings is 1. The number of aromatic nitrogens is 1. The number of aromatic amines is 1. The van der Waals surface area contributed by atoms with Gasteiger partial charge in [-0.2, -0.15) is 18.4 Å². The second-order valence-corrected chi connectivity index (χ2v) is 7.16. The quantitative estimate of drug-likeness (QED) is 0.749. The number of H-pyrrole nitrogens is 1. The topological polar surface area (TPSA) is 80.2 Å². The summed E-state index contributed by atoms with van der Waals surface area (Å²) in [6, 6.07) is 7.37. The van der Waals surface area contributed by atoms with Gasteiger partial charge < -0.3 is 9.88 Å². The number of alkyl halides is 3. The highest BCUT2D eigenvalue weighted by atomic mass is 32.1. The van der Waals surface area contributed by atoms with Crippen LogP contribution < -0.4 is 15.4 Å². The van der Waals surface area contributed by atoms with E-state index in [2.05, 4.69) is 17.6 Å². The molecule has 1 unspecified atom stereocenters. The van der Waals surface area contributed by atoms with Gasteiger partial charge in [-0.25, -0.2) is 0 Å². The summed E-state index contributed by atoms with van der Waals surface area (Å²) < 4.78 is 39.9. The van der Waals surface area contributed by atoms with Gasteiger partial charge in [0.25, 0.3) is 5.91 Å². The summed E-state index contributed by atoms with van der Waals surface area (Å²) in [6.45, 7) is 3.22. The minimum absolute atomic E-state index is 0.0312. The van der Waals surface area contributed by atoms with Crippen molar-refractivity contribution in [2.45, 2.75) is 31.1 Å². The standard InChI is InChI=1S/C18H15F3N4O2S/c1-17(2)15(27)24(16(28)25(17)12-5-6-14(26)23-9-12)11-4-3-10(8-22)13(7-11)18(19,20)21/h3-7,9,16,28H,1-2H3,(H,23,26). The van der Waals surface area contributed by atoms with Crippen LogP contribution in [0, 0.1) is 11.3 Å². The van der Waals surface area contributed by atoms with E-state index in [0.29, 0.717) is 5.69 Å². The molecule has 1 fully saturated rings. The van der Waals surface area contributed by atoms with Gasteiger partial charge in [-0.15, -0.1) is 12.6 Å². The normalized spacial score (nSPS) is 19.0. The minimum atomic E-state index is -4.75. The van der Waals surface area contributed by atoms with Crippen molar-refractivity contribution in [3.05, 3.63) is 58.0 Å². The number of rotatable bonds is 2. The summed E-state index contributed by atoms with van der Waals surface area (Å²) in [5.74, 6) is -0.475. The van der Waals surface area contributed by atoms with Crippen molar-refractivity contribution in [3.63, 3.8) is 0 Å². The highest BCUT2D eigenvalue weighted by molar-refractivity contribution is 7.81. The SMILES string of the molecule is CC1(C)C(=O)N(c2ccc(C#N)c(C(F)(F)F)c2)C(S)N1c1ccc(=O)[nH]c1. The molecule has 1 atom stereocenters. The maximum Gasteiger partial charge on any atom is 0.417 e. The van der Waals surface area contributed by atoms with Crippen LogP contribution in [0.25, 0.3) is 0 Å². The van der Waals surface area contributed by atoms with Crippen LogP contribution in [0.1, 0.15) is 25.0 Å². The zero-order chi connectivity index (χ0) is 20.9. The molecular formula is C18H15F3N4O2S. The number of nitrogens with one attached hydrogen (secondary N) is 1. The molecule has 1 amide bonds. The fourth-order valence-corrected chi connectivity index (χ4v) is 3.84. The number of thiol groups is 1. The van der Waals surface area contributed by atoms with Crippen molar-refractivity contribution in [2.24, 2.45) is 0 Å². The van der Waals surface area contributed by atoms with Crippen LogP contribution in [0.15, 0.2) is 41.3 Å². The van der Waals surface area contributed by atoms with Gasteiger partial charge in [-0.05, 0) is 38.1 Å². The molecule has 1 aromatic heterocycles. The van der Waals surface area contributed by atoms with Gasteiger partial charge in [0.05, 0.1) is 22.9 Å². The largest absolute Gasteiger partial charge is 0.417 e. The van der Waals surface area contributed by atoms with E-state index in [1.54, 1.807) is 18.7 Å². The number of anilines is 2. The third-order valence-electron chi connectivity index (χ3n) is 4.56. The number of halogens is 3. The van der Waals surface area contributed by atoms with Crippen molar-refractivity contribution in [2.75, 3.05) is 9.80 Å². The number of amides is 1. The molecule has 0 radical (unpaired) electrons. The second-order valence-electron chi connectivity index (χ2n) is 6.70. The van der Waals surface area contributed by atoms with Gasteiger partial charge in [0, 0.05) is 18.0 Å². The summed E-state index contributed by atoms with van der Waals surface area (Å²) in [6.07, 6.45) is -3.34. The fraction of sp³-hybridized carbons (Fsp3) is 0.278. The number of nitriles is 1. The number of hydrogen-bond acceptors (Lipinski definition) is 5. The van der Waals surface area contributed by atoms with Crippen molar-refractivity contribution in [3.8, 4) is 6.07 Å². The van der Waals surface area contributed by atoms with Gasteiger partial charge in [-0.1, -0.05) is 0 Å². The molecule has 1 N–H and O–H groups in total. The first-order valence-electron chi connectivity index (χ1n) is 8.09. The lowest BCUT2D eigenvalue weighted by Gasteiger charge is -2.33. The Bertz CT molecular complexity index is 1020. The molecule has 10 heteroatoms. The Labute approximate surface area is 163 Å². The molecular weight excluding hydrogens is 393 g/mol. The number of nitrogens with zero attached hydrogens (tertiary/aromatic N) is 3. The second kappa shape index (κ2) is 6.60. The van der Waals surface area contributed by atoms with E-state index in [1.807, 2.05) is 0 Å². The van der Waals surface area contributed by atoms with E-state index in [4.69, 9.17) is 5.26 Å². The van der Waals surface area contributed by atoms with Gasteiger partial charge in [0.1, 0.15) is 5.54 Å². The lowest BCUT2D eigenvalue weighted by Crippen LogP contribution is -2.45. The lowest BCUT2D eigenvalue weighted by atomic mass is 10.0. The Morgan fingerprint density at radius 2 is 1.82 bits per heavy atom. The van der Waals surface area contributed by atoms with E-state index in [9.17, 15) is 22.8 Å². The third kappa shape index (κ3) is 3.11. The van der Waals surface area contributed by atoms with Crippen molar-refractivity contribution in [1.29, 1.82) is 5.26 Å². The maximum atomic E-state index is 13.3. The molecule has 1 aromatic carbocycles. The summed E-state index contributed by atoms with van der Waals surface area (Å²) in [7, 11) is 0. The Kier molecular flexibility index (Phi) is 4.67. The Hall–Kier alpha value is -2.93. The zero-order valence-electron chi connectivity index (χ0n) is 14.8. The number of carbonyl (C=O) groups excluding carboxylic acids is 1. The molecule has 0 saturated carbocycles. The van der Waals surface area contributed by atoms with Crippen LogP contribution in [0.5, 0.6) is 0 Å². The van der Waals surface area contributed by atoms with Crippen LogP contribution in [0.4, 0.5) is 24.5 Å². The van der Waals surface area contributed by atoms with Crippen LogP contribution >= 0.6 is 12.6 Å². The van der Waals surface area contributed by atoms with Gasteiger partial charge in [-0.3, -0.25) is 14.5 Å². The maximum absolute atomic E-state index is 13.3. The number of hydrogen-bond donors (Lipinski definition) is 2. The summed E-state index contributed by atoms with van der Waals surface area (Å²) in [5.41, 5.74) is -3.61. The van der Waals surface area contributed by atoms with Gasteiger partial charge in [0.2, 0.25) is 5.56 Å².